The van der Waals surface area contributed by atoms with Crippen LogP contribution in [0.2, 0.25) is 0 Å². The van der Waals surface area contributed by atoms with Crippen molar-refractivity contribution in [1.82, 2.24) is 5.32 Å². The zero-order valence-corrected chi connectivity index (χ0v) is 6.35. The summed E-state index contributed by atoms with van der Waals surface area (Å²) < 4.78 is 0. The first kappa shape index (κ1) is 8.78. The van der Waals surface area contributed by atoms with Crippen LogP contribution in [-0.2, 0) is 4.79 Å². The van der Waals surface area contributed by atoms with Crippen molar-refractivity contribution in [1.29, 1.82) is 0 Å². The Morgan fingerprint density at radius 1 is 1.67 bits per heavy atom. The van der Waals surface area contributed by atoms with Gasteiger partial charge in [-0.3, -0.25) is 10.1 Å². The fourth-order valence-electron chi connectivity index (χ4n) is 0.433. The van der Waals surface area contributed by atoms with Gasteiger partial charge in [-0.05, 0) is 13.8 Å². The van der Waals surface area contributed by atoms with Crippen molar-refractivity contribution < 1.29 is 9.90 Å². The molecule has 4 heteroatoms. The number of nitrogens with one attached hydrogen (secondary N) is 1. The summed E-state index contributed by atoms with van der Waals surface area (Å²) >= 11 is 3.96. The van der Waals surface area contributed by atoms with Crippen molar-refractivity contribution in [2.75, 3.05) is 0 Å². The van der Waals surface area contributed by atoms with E-state index in [0.717, 1.165) is 0 Å². The summed E-state index contributed by atoms with van der Waals surface area (Å²) in [5, 5.41) is 11.0. The Kier molecular flexibility index (Phi) is 3.65. The fourth-order valence-corrected chi connectivity index (χ4v) is 0.657. The molecule has 0 radical (unpaired) electrons. The van der Waals surface area contributed by atoms with Gasteiger partial charge in [0.2, 0.25) is 0 Å². The van der Waals surface area contributed by atoms with Crippen molar-refractivity contribution in [2.24, 2.45) is 0 Å². The molecule has 0 amide bonds. The fraction of sp³-hybridized carbons (Fsp3) is 0.800. The molecular weight excluding hydrogens is 138 g/mol. The van der Waals surface area contributed by atoms with Crippen molar-refractivity contribution >= 4 is 18.6 Å². The van der Waals surface area contributed by atoms with E-state index in [-0.39, 0.29) is 5.37 Å². The first-order valence-corrected chi connectivity index (χ1v) is 3.22. The van der Waals surface area contributed by atoms with Gasteiger partial charge in [-0.25, -0.2) is 0 Å². The molecule has 0 fully saturated rings. The molecule has 0 heterocycles. The Morgan fingerprint density at radius 2 is 2.11 bits per heavy atom. The third kappa shape index (κ3) is 4.29. The highest BCUT2D eigenvalue weighted by molar-refractivity contribution is 7.80. The Bertz CT molecular complexity index is 105. The molecule has 0 aliphatic rings. The van der Waals surface area contributed by atoms with Gasteiger partial charge in [0.05, 0.1) is 0 Å². The minimum Gasteiger partial charge on any atom is -0.480 e. The first-order valence-electron chi connectivity index (χ1n) is 2.71. The molecule has 0 aliphatic carbocycles. The van der Waals surface area contributed by atoms with Crippen molar-refractivity contribution in [3.05, 3.63) is 0 Å². The minimum atomic E-state index is -0.851. The molecule has 2 N–H and O–H groups in total. The maximum absolute atomic E-state index is 10.1. The van der Waals surface area contributed by atoms with E-state index in [1.165, 1.54) is 0 Å². The van der Waals surface area contributed by atoms with Crippen molar-refractivity contribution in [2.45, 2.75) is 25.3 Å². The number of carbonyl (C=O) groups is 1. The predicted molar refractivity (Wildman–Crippen MR) is 38.7 cm³/mol. The summed E-state index contributed by atoms with van der Waals surface area (Å²) in [6.07, 6.45) is 0. The number of aliphatic carboxylic acids is 1. The van der Waals surface area contributed by atoms with Gasteiger partial charge in [-0.2, -0.15) is 12.6 Å². The maximum Gasteiger partial charge on any atom is 0.320 e. The highest BCUT2D eigenvalue weighted by Gasteiger charge is 2.10. The zero-order valence-electron chi connectivity index (χ0n) is 5.46. The van der Waals surface area contributed by atoms with E-state index in [1.54, 1.807) is 13.8 Å². The van der Waals surface area contributed by atoms with Crippen LogP contribution in [0.3, 0.4) is 0 Å². The third-order valence-electron chi connectivity index (χ3n) is 0.862. The molecule has 0 saturated heterocycles. The highest BCUT2D eigenvalue weighted by atomic mass is 32.1. The van der Waals surface area contributed by atoms with Gasteiger partial charge in [0.15, 0.2) is 0 Å². The van der Waals surface area contributed by atoms with Gasteiger partial charge in [0.25, 0.3) is 0 Å². The summed E-state index contributed by atoms with van der Waals surface area (Å²) in [6, 6.07) is -0.516. The summed E-state index contributed by atoms with van der Waals surface area (Å²) in [5.74, 6) is -0.851. The lowest BCUT2D eigenvalue weighted by Crippen LogP contribution is -2.37. The molecule has 0 aromatic heterocycles. The molecular formula is C5H11NO2S. The second kappa shape index (κ2) is 3.74. The Hall–Kier alpha value is -0.220. The lowest BCUT2D eigenvalue weighted by molar-refractivity contribution is -0.139. The van der Waals surface area contributed by atoms with Crippen LogP contribution in [0, 0.1) is 0 Å². The summed E-state index contributed by atoms with van der Waals surface area (Å²) in [5.41, 5.74) is 0. The highest BCUT2D eigenvalue weighted by Crippen LogP contribution is 1.89. The Labute approximate surface area is 59.9 Å². The molecule has 0 aromatic carbocycles. The van der Waals surface area contributed by atoms with Crippen LogP contribution in [0.5, 0.6) is 0 Å². The molecule has 0 bridgehead atoms. The molecule has 0 aromatic rings. The van der Waals surface area contributed by atoms with E-state index in [1.807, 2.05) is 0 Å². The average Bonchev–Trinajstić information content (AvgIpc) is 1.63. The van der Waals surface area contributed by atoms with Crippen LogP contribution in [-0.4, -0.2) is 22.5 Å². The minimum absolute atomic E-state index is 0.0731. The van der Waals surface area contributed by atoms with Gasteiger partial charge >= 0.3 is 5.97 Å². The quantitative estimate of drug-likeness (QED) is 0.400. The van der Waals surface area contributed by atoms with Crippen LogP contribution in [0.4, 0.5) is 0 Å². The molecule has 0 saturated carbocycles. The lowest BCUT2D eigenvalue weighted by Gasteiger charge is -2.10. The van der Waals surface area contributed by atoms with Crippen molar-refractivity contribution in [3.8, 4) is 0 Å². The predicted octanol–water partition coefficient (Wildman–Crippen LogP) is 0.325. The van der Waals surface area contributed by atoms with Gasteiger partial charge in [0.1, 0.15) is 6.04 Å². The van der Waals surface area contributed by atoms with Crippen LogP contribution < -0.4 is 5.32 Å². The smallest absolute Gasteiger partial charge is 0.320 e. The van der Waals surface area contributed by atoms with Crippen LogP contribution in [0.25, 0.3) is 0 Å². The van der Waals surface area contributed by atoms with Gasteiger partial charge in [-0.1, -0.05) is 0 Å². The molecule has 0 rings (SSSR count). The van der Waals surface area contributed by atoms with Crippen LogP contribution >= 0.6 is 12.6 Å². The second-order valence-corrected chi connectivity index (χ2v) is 2.68. The SMILES string of the molecule is CC(S)N[C@@H](C)C(=O)O. The topological polar surface area (TPSA) is 49.3 Å². The number of hydrogen-bond donors (Lipinski definition) is 3. The normalized spacial score (nSPS) is 16.8. The van der Waals surface area contributed by atoms with E-state index in [4.69, 9.17) is 5.11 Å². The van der Waals surface area contributed by atoms with E-state index in [9.17, 15) is 4.79 Å². The molecule has 54 valence electrons. The van der Waals surface area contributed by atoms with Gasteiger partial charge < -0.3 is 5.11 Å². The number of carboxylic acids is 1. The van der Waals surface area contributed by atoms with E-state index < -0.39 is 12.0 Å². The summed E-state index contributed by atoms with van der Waals surface area (Å²) in [7, 11) is 0. The number of hydrogen-bond acceptors (Lipinski definition) is 3. The standard InChI is InChI=1S/C5H11NO2S/c1-3(5(7)8)6-4(2)9/h3-4,6,9H,1-2H3,(H,7,8)/t3-,4?/m0/s1. The number of carboxylic acid groups (broad SMARTS) is 1. The van der Waals surface area contributed by atoms with Crippen molar-refractivity contribution in [3.63, 3.8) is 0 Å². The third-order valence-corrected chi connectivity index (χ3v) is 1.01. The van der Waals surface area contributed by atoms with Gasteiger partial charge in [0, 0.05) is 5.37 Å². The second-order valence-electron chi connectivity index (χ2n) is 1.90. The summed E-state index contributed by atoms with van der Waals surface area (Å²) in [4.78, 5) is 10.1. The first-order chi connectivity index (χ1) is 4.04. The molecule has 0 aliphatic heterocycles. The van der Waals surface area contributed by atoms with E-state index in [0.29, 0.717) is 0 Å². The Balaban J connectivity index is 3.50. The maximum atomic E-state index is 10.1. The average molecular weight is 149 g/mol. The molecule has 0 spiro atoms. The molecule has 3 nitrogen and oxygen atoms in total. The van der Waals surface area contributed by atoms with E-state index in [2.05, 4.69) is 17.9 Å². The largest absolute Gasteiger partial charge is 0.480 e. The summed E-state index contributed by atoms with van der Waals surface area (Å²) in [6.45, 7) is 3.36. The van der Waals surface area contributed by atoms with Crippen LogP contribution in [0.1, 0.15) is 13.8 Å². The number of rotatable bonds is 3. The van der Waals surface area contributed by atoms with E-state index >= 15 is 0 Å². The Morgan fingerprint density at radius 3 is 2.22 bits per heavy atom. The monoisotopic (exact) mass is 149 g/mol. The lowest BCUT2D eigenvalue weighted by atomic mass is 10.3. The van der Waals surface area contributed by atoms with Crippen LogP contribution in [0.15, 0.2) is 0 Å². The number of thiol groups is 1. The molecule has 2 atom stereocenters. The molecule has 1 unspecified atom stereocenters. The van der Waals surface area contributed by atoms with Gasteiger partial charge in [-0.15, -0.1) is 0 Å². The zero-order chi connectivity index (χ0) is 7.44. The molecule has 9 heavy (non-hydrogen) atoms.